The molecule has 2 heterocycles. The highest BCUT2D eigenvalue weighted by atomic mass is 32.2. The van der Waals surface area contributed by atoms with E-state index < -0.39 is 0 Å². The molecule has 2 rings (SSSR count). The second-order valence-corrected chi connectivity index (χ2v) is 4.52. The first-order valence-electron chi connectivity index (χ1n) is 5.56. The van der Waals surface area contributed by atoms with E-state index in [0.29, 0.717) is 5.95 Å². The number of piperidine rings is 1. The predicted molar refractivity (Wildman–Crippen MR) is 67.2 cm³/mol. The smallest absolute Gasteiger partial charge is 0.231 e. The van der Waals surface area contributed by atoms with E-state index in [4.69, 9.17) is 0 Å². The highest BCUT2D eigenvalue weighted by Gasteiger charge is 2.15. The highest BCUT2D eigenvalue weighted by Crippen LogP contribution is 2.19. The number of hydrogen-bond acceptors (Lipinski definition) is 6. The molecule has 0 spiro atoms. The van der Waals surface area contributed by atoms with Gasteiger partial charge in [0.1, 0.15) is 0 Å². The van der Waals surface area contributed by atoms with Crippen molar-refractivity contribution in [3.05, 3.63) is 0 Å². The Balaban J connectivity index is 2.24. The zero-order chi connectivity index (χ0) is 11.4. The average Bonchev–Trinajstić information content (AvgIpc) is 2.39. The molecule has 0 aromatic carbocycles. The van der Waals surface area contributed by atoms with Gasteiger partial charge >= 0.3 is 0 Å². The van der Waals surface area contributed by atoms with Crippen LogP contribution in [0.5, 0.6) is 0 Å². The molecule has 0 atom stereocenters. The van der Waals surface area contributed by atoms with E-state index in [9.17, 15) is 0 Å². The van der Waals surface area contributed by atoms with E-state index in [2.05, 4.69) is 25.2 Å². The summed E-state index contributed by atoms with van der Waals surface area (Å²) >= 11 is 1.55. The Bertz CT molecular complexity index is 329. The fraction of sp³-hybridized carbons (Fsp3) is 0.700. The molecule has 1 fully saturated rings. The number of anilines is 2. The van der Waals surface area contributed by atoms with Gasteiger partial charge in [-0.25, -0.2) is 0 Å². The molecule has 1 aromatic rings. The van der Waals surface area contributed by atoms with Gasteiger partial charge in [0.25, 0.3) is 0 Å². The van der Waals surface area contributed by atoms with Crippen LogP contribution in [0.3, 0.4) is 0 Å². The van der Waals surface area contributed by atoms with E-state index in [1.807, 2.05) is 13.3 Å². The number of thioether (sulfide) groups is 1. The van der Waals surface area contributed by atoms with Crippen LogP contribution < -0.4 is 10.2 Å². The van der Waals surface area contributed by atoms with Gasteiger partial charge in [-0.15, -0.1) is 0 Å². The molecule has 1 aliphatic rings. The summed E-state index contributed by atoms with van der Waals surface area (Å²) in [5, 5.41) is 3.76. The van der Waals surface area contributed by atoms with E-state index in [0.717, 1.165) is 24.2 Å². The maximum Gasteiger partial charge on any atom is 0.231 e. The Kier molecular flexibility index (Phi) is 3.82. The van der Waals surface area contributed by atoms with Crippen molar-refractivity contribution in [1.29, 1.82) is 0 Å². The van der Waals surface area contributed by atoms with Crippen molar-refractivity contribution in [2.45, 2.75) is 24.4 Å². The van der Waals surface area contributed by atoms with Gasteiger partial charge in [-0.3, -0.25) is 0 Å². The molecular formula is C10H17N5S. The summed E-state index contributed by atoms with van der Waals surface area (Å²) in [6, 6.07) is 0. The largest absolute Gasteiger partial charge is 0.357 e. The minimum Gasteiger partial charge on any atom is -0.357 e. The highest BCUT2D eigenvalue weighted by molar-refractivity contribution is 7.98. The van der Waals surface area contributed by atoms with Crippen LogP contribution in [0.1, 0.15) is 19.3 Å². The fourth-order valence-electron chi connectivity index (χ4n) is 1.78. The van der Waals surface area contributed by atoms with Gasteiger partial charge in [-0.05, 0) is 25.5 Å². The lowest BCUT2D eigenvalue weighted by Crippen LogP contribution is -2.31. The van der Waals surface area contributed by atoms with E-state index >= 15 is 0 Å². The summed E-state index contributed by atoms with van der Waals surface area (Å²) in [5.41, 5.74) is 0. The molecule has 0 unspecified atom stereocenters. The third-order valence-corrected chi connectivity index (χ3v) is 3.20. The van der Waals surface area contributed by atoms with Crippen molar-refractivity contribution < 1.29 is 0 Å². The van der Waals surface area contributed by atoms with Crippen molar-refractivity contribution in [3.63, 3.8) is 0 Å². The first kappa shape index (κ1) is 11.4. The molecule has 16 heavy (non-hydrogen) atoms. The molecule has 1 saturated heterocycles. The normalized spacial score (nSPS) is 16.2. The van der Waals surface area contributed by atoms with Gasteiger partial charge in [0.2, 0.25) is 11.9 Å². The predicted octanol–water partition coefficient (Wildman–Crippen LogP) is 1.63. The summed E-state index contributed by atoms with van der Waals surface area (Å²) in [6.07, 6.45) is 5.76. The Hall–Kier alpha value is -1.04. The molecule has 1 aliphatic heterocycles. The van der Waals surface area contributed by atoms with E-state index in [1.165, 1.54) is 19.3 Å². The molecule has 0 radical (unpaired) electrons. The van der Waals surface area contributed by atoms with Gasteiger partial charge in [0, 0.05) is 20.1 Å². The maximum absolute atomic E-state index is 4.45. The number of aromatic nitrogens is 3. The number of hydrogen-bond donors (Lipinski definition) is 1. The van der Waals surface area contributed by atoms with Gasteiger partial charge < -0.3 is 10.2 Å². The summed E-state index contributed by atoms with van der Waals surface area (Å²) < 4.78 is 0. The van der Waals surface area contributed by atoms with Crippen LogP contribution >= 0.6 is 11.8 Å². The monoisotopic (exact) mass is 239 g/mol. The van der Waals surface area contributed by atoms with Crippen LogP contribution in [0.2, 0.25) is 0 Å². The standard InChI is InChI=1S/C10H17N5S/c1-11-8-12-9(14-10(13-8)16-2)15-6-4-3-5-7-15/h3-7H2,1-2H3,(H,11,12,13,14). The molecule has 0 saturated carbocycles. The quantitative estimate of drug-likeness (QED) is 0.809. The lowest BCUT2D eigenvalue weighted by Gasteiger charge is -2.26. The molecule has 5 nitrogen and oxygen atoms in total. The van der Waals surface area contributed by atoms with Crippen molar-refractivity contribution in [2.75, 3.05) is 36.6 Å². The SMILES string of the molecule is CNc1nc(SC)nc(N2CCCCC2)n1. The zero-order valence-electron chi connectivity index (χ0n) is 9.73. The van der Waals surface area contributed by atoms with Crippen molar-refractivity contribution in [3.8, 4) is 0 Å². The van der Waals surface area contributed by atoms with Crippen LogP contribution in [0.15, 0.2) is 5.16 Å². The van der Waals surface area contributed by atoms with Crippen molar-refractivity contribution in [1.82, 2.24) is 15.0 Å². The van der Waals surface area contributed by atoms with Crippen LogP contribution in [0.25, 0.3) is 0 Å². The first-order chi connectivity index (χ1) is 7.83. The van der Waals surface area contributed by atoms with Gasteiger partial charge in [-0.2, -0.15) is 15.0 Å². The molecule has 88 valence electrons. The average molecular weight is 239 g/mol. The van der Waals surface area contributed by atoms with Crippen LogP contribution in [0, 0.1) is 0 Å². The Morgan fingerprint density at radius 3 is 2.50 bits per heavy atom. The van der Waals surface area contributed by atoms with E-state index in [1.54, 1.807) is 11.8 Å². The molecule has 0 amide bonds. The number of nitrogens with zero attached hydrogens (tertiary/aromatic N) is 4. The minimum atomic E-state index is 0.653. The third kappa shape index (κ3) is 2.55. The summed E-state index contributed by atoms with van der Waals surface area (Å²) in [4.78, 5) is 15.4. The van der Waals surface area contributed by atoms with Gasteiger partial charge in [0.05, 0.1) is 0 Å². The lowest BCUT2D eigenvalue weighted by molar-refractivity contribution is 0.565. The third-order valence-electron chi connectivity index (χ3n) is 2.65. The topological polar surface area (TPSA) is 53.9 Å². The summed E-state index contributed by atoms with van der Waals surface area (Å²) in [6.45, 7) is 2.11. The number of nitrogens with one attached hydrogen (secondary N) is 1. The molecule has 6 heteroatoms. The Morgan fingerprint density at radius 2 is 1.88 bits per heavy atom. The van der Waals surface area contributed by atoms with Crippen LogP contribution in [0.4, 0.5) is 11.9 Å². The summed E-state index contributed by atoms with van der Waals surface area (Å²) in [7, 11) is 1.83. The van der Waals surface area contributed by atoms with Crippen LogP contribution in [-0.2, 0) is 0 Å². The number of rotatable bonds is 3. The zero-order valence-corrected chi connectivity index (χ0v) is 10.5. The van der Waals surface area contributed by atoms with Crippen molar-refractivity contribution >= 4 is 23.7 Å². The van der Waals surface area contributed by atoms with E-state index in [-0.39, 0.29) is 0 Å². The Morgan fingerprint density at radius 1 is 1.12 bits per heavy atom. The van der Waals surface area contributed by atoms with Crippen molar-refractivity contribution in [2.24, 2.45) is 0 Å². The maximum atomic E-state index is 4.45. The molecular weight excluding hydrogens is 222 g/mol. The summed E-state index contributed by atoms with van der Waals surface area (Å²) in [5.74, 6) is 1.46. The lowest BCUT2D eigenvalue weighted by atomic mass is 10.1. The van der Waals surface area contributed by atoms with Gasteiger partial charge in [0.15, 0.2) is 5.16 Å². The Labute approximate surface area is 100 Å². The molecule has 1 aromatic heterocycles. The van der Waals surface area contributed by atoms with Crippen LogP contribution in [-0.4, -0.2) is 41.3 Å². The molecule has 1 N–H and O–H groups in total. The second-order valence-electron chi connectivity index (χ2n) is 3.74. The first-order valence-corrected chi connectivity index (χ1v) is 6.78. The molecule has 0 bridgehead atoms. The second kappa shape index (κ2) is 5.34. The fourth-order valence-corrected chi connectivity index (χ4v) is 2.13. The minimum absolute atomic E-state index is 0.653. The van der Waals surface area contributed by atoms with Gasteiger partial charge in [-0.1, -0.05) is 11.8 Å². The molecule has 0 aliphatic carbocycles.